The predicted octanol–water partition coefficient (Wildman–Crippen LogP) is 2.99. The average Bonchev–Trinajstić information content (AvgIpc) is 3.15. The van der Waals surface area contributed by atoms with E-state index in [0.29, 0.717) is 30.9 Å². The summed E-state index contributed by atoms with van der Waals surface area (Å²) in [5, 5.41) is 10.3. The lowest BCUT2D eigenvalue weighted by Crippen LogP contribution is -2.47. The zero-order valence-corrected chi connectivity index (χ0v) is 17.5. The van der Waals surface area contributed by atoms with Gasteiger partial charge in [0.05, 0.1) is 35.4 Å². The number of amides is 2. The van der Waals surface area contributed by atoms with Gasteiger partial charge >= 0.3 is 6.18 Å². The van der Waals surface area contributed by atoms with Crippen molar-refractivity contribution in [2.24, 2.45) is 0 Å². The fourth-order valence-electron chi connectivity index (χ4n) is 3.67. The number of likely N-dealkylation sites (tertiary alicyclic amines) is 1. The van der Waals surface area contributed by atoms with Gasteiger partial charge in [0.2, 0.25) is 11.8 Å². The lowest BCUT2D eigenvalue weighted by Gasteiger charge is -2.31. The monoisotopic (exact) mass is 437 g/mol. The van der Waals surface area contributed by atoms with E-state index in [9.17, 15) is 22.8 Å². The van der Waals surface area contributed by atoms with Gasteiger partial charge in [0.15, 0.2) is 0 Å². The Morgan fingerprint density at radius 1 is 1.16 bits per heavy atom. The van der Waals surface area contributed by atoms with E-state index in [1.807, 2.05) is 6.92 Å². The molecule has 2 heterocycles. The molecule has 7 nitrogen and oxygen atoms in total. The standard InChI is InChI=1S/C21H26F3N5O2/c1-3-19-18(12-26-29(19)17-6-4-15(5-7-17)21(22,23)24)25-13-20(31)27-16-8-10-28(11-9-16)14(2)30/h4-7,12,16,25H,3,8-11,13H2,1-2H3,(H,27,31). The summed E-state index contributed by atoms with van der Waals surface area (Å²) >= 11 is 0. The van der Waals surface area contributed by atoms with Gasteiger partial charge in [-0.25, -0.2) is 4.68 Å². The Kier molecular flexibility index (Phi) is 6.87. The van der Waals surface area contributed by atoms with E-state index in [2.05, 4.69) is 15.7 Å². The minimum Gasteiger partial charge on any atom is -0.373 e. The van der Waals surface area contributed by atoms with Crippen molar-refractivity contribution in [2.45, 2.75) is 45.3 Å². The van der Waals surface area contributed by atoms with Gasteiger partial charge in [0, 0.05) is 26.1 Å². The van der Waals surface area contributed by atoms with E-state index in [0.717, 1.165) is 30.7 Å². The normalized spacial score (nSPS) is 15.1. The first-order chi connectivity index (χ1) is 14.7. The summed E-state index contributed by atoms with van der Waals surface area (Å²) in [5.74, 6) is -0.116. The molecule has 0 atom stereocenters. The molecule has 10 heteroatoms. The fraction of sp³-hybridized carbons (Fsp3) is 0.476. The highest BCUT2D eigenvalue weighted by Gasteiger charge is 2.30. The molecular formula is C21H26F3N5O2. The van der Waals surface area contributed by atoms with Crippen molar-refractivity contribution in [3.63, 3.8) is 0 Å². The number of hydrogen-bond acceptors (Lipinski definition) is 4. The van der Waals surface area contributed by atoms with Crippen molar-refractivity contribution >= 4 is 17.5 Å². The molecule has 2 N–H and O–H groups in total. The lowest BCUT2D eigenvalue weighted by molar-refractivity contribution is -0.137. The molecule has 168 valence electrons. The third kappa shape index (κ3) is 5.56. The number of nitrogens with one attached hydrogen (secondary N) is 2. The van der Waals surface area contributed by atoms with E-state index >= 15 is 0 Å². The molecular weight excluding hydrogens is 411 g/mol. The molecule has 1 saturated heterocycles. The minimum absolute atomic E-state index is 0.0328. The van der Waals surface area contributed by atoms with Gasteiger partial charge in [-0.05, 0) is 43.5 Å². The van der Waals surface area contributed by atoms with Crippen LogP contribution in [-0.2, 0) is 22.2 Å². The molecule has 1 aromatic heterocycles. The molecule has 0 radical (unpaired) electrons. The molecule has 2 amide bonds. The number of benzene rings is 1. The molecule has 2 aromatic rings. The van der Waals surface area contributed by atoms with Gasteiger partial charge in [0.1, 0.15) is 0 Å². The molecule has 1 aliphatic heterocycles. The van der Waals surface area contributed by atoms with Crippen molar-refractivity contribution in [2.75, 3.05) is 25.0 Å². The van der Waals surface area contributed by atoms with Crippen molar-refractivity contribution in [3.05, 3.63) is 41.7 Å². The van der Waals surface area contributed by atoms with Crippen LogP contribution < -0.4 is 10.6 Å². The number of piperidine rings is 1. The second kappa shape index (κ2) is 9.40. The molecule has 0 aliphatic carbocycles. The summed E-state index contributed by atoms with van der Waals surface area (Å²) in [6.07, 6.45) is -0.808. The Morgan fingerprint density at radius 2 is 1.81 bits per heavy atom. The highest BCUT2D eigenvalue weighted by atomic mass is 19.4. The molecule has 0 spiro atoms. The van der Waals surface area contributed by atoms with Gasteiger partial charge in [0.25, 0.3) is 0 Å². The first kappa shape index (κ1) is 22.6. The number of halogens is 3. The Labute approximate surface area is 178 Å². The highest BCUT2D eigenvalue weighted by Crippen LogP contribution is 2.30. The Balaban J connectivity index is 1.58. The van der Waals surface area contributed by atoms with Crippen molar-refractivity contribution in [3.8, 4) is 5.69 Å². The molecule has 1 aliphatic rings. The predicted molar refractivity (Wildman–Crippen MR) is 110 cm³/mol. The second-order valence-corrected chi connectivity index (χ2v) is 7.52. The van der Waals surface area contributed by atoms with Gasteiger partial charge in [-0.2, -0.15) is 18.3 Å². The van der Waals surface area contributed by atoms with Crippen molar-refractivity contribution in [1.29, 1.82) is 0 Å². The second-order valence-electron chi connectivity index (χ2n) is 7.52. The third-order valence-corrected chi connectivity index (χ3v) is 5.39. The Morgan fingerprint density at radius 3 is 2.35 bits per heavy atom. The number of anilines is 1. The van der Waals surface area contributed by atoms with Crippen LogP contribution in [0.1, 0.15) is 37.9 Å². The van der Waals surface area contributed by atoms with Gasteiger partial charge in [-0.1, -0.05) is 6.92 Å². The zero-order chi connectivity index (χ0) is 22.6. The summed E-state index contributed by atoms with van der Waals surface area (Å²) < 4.78 is 39.9. The van der Waals surface area contributed by atoms with E-state index in [4.69, 9.17) is 0 Å². The maximum atomic E-state index is 12.8. The van der Waals surface area contributed by atoms with Crippen molar-refractivity contribution in [1.82, 2.24) is 20.0 Å². The number of aromatic nitrogens is 2. The number of carbonyl (C=O) groups is 2. The van der Waals surface area contributed by atoms with E-state index in [1.165, 1.54) is 12.1 Å². The largest absolute Gasteiger partial charge is 0.416 e. The summed E-state index contributed by atoms with van der Waals surface area (Å²) in [7, 11) is 0. The molecule has 31 heavy (non-hydrogen) atoms. The van der Waals surface area contributed by atoms with E-state index in [-0.39, 0.29) is 24.4 Å². The first-order valence-electron chi connectivity index (χ1n) is 10.2. The van der Waals surface area contributed by atoms with Crippen LogP contribution >= 0.6 is 0 Å². The quantitative estimate of drug-likeness (QED) is 0.728. The summed E-state index contributed by atoms with van der Waals surface area (Å²) in [5.41, 5.74) is 1.22. The number of carbonyl (C=O) groups excluding carboxylic acids is 2. The zero-order valence-electron chi connectivity index (χ0n) is 17.5. The molecule has 0 unspecified atom stereocenters. The fourth-order valence-corrected chi connectivity index (χ4v) is 3.67. The van der Waals surface area contributed by atoms with E-state index in [1.54, 1.807) is 22.7 Å². The number of rotatable bonds is 6. The van der Waals surface area contributed by atoms with Gasteiger partial charge in [-0.3, -0.25) is 9.59 Å². The lowest BCUT2D eigenvalue weighted by atomic mass is 10.1. The van der Waals surface area contributed by atoms with Crippen LogP contribution in [0.3, 0.4) is 0 Å². The molecule has 3 rings (SSSR count). The van der Waals surface area contributed by atoms with Crippen LogP contribution in [0.5, 0.6) is 0 Å². The van der Waals surface area contributed by atoms with E-state index < -0.39 is 11.7 Å². The topological polar surface area (TPSA) is 79.3 Å². The Bertz CT molecular complexity index is 916. The van der Waals surface area contributed by atoms with Crippen molar-refractivity contribution < 1.29 is 22.8 Å². The highest BCUT2D eigenvalue weighted by molar-refractivity contribution is 5.81. The Hall–Kier alpha value is -3.04. The van der Waals surface area contributed by atoms with Crippen LogP contribution in [0.25, 0.3) is 5.69 Å². The SMILES string of the molecule is CCc1c(NCC(=O)NC2CCN(C(C)=O)CC2)cnn1-c1ccc(C(F)(F)F)cc1. The van der Waals surface area contributed by atoms with Crippen LogP contribution in [0, 0.1) is 0 Å². The van der Waals surface area contributed by atoms with Crippen LogP contribution in [0.2, 0.25) is 0 Å². The summed E-state index contributed by atoms with van der Waals surface area (Å²) in [4.78, 5) is 25.5. The number of hydrogen-bond donors (Lipinski definition) is 2. The van der Waals surface area contributed by atoms with Crippen LogP contribution in [0.4, 0.5) is 18.9 Å². The van der Waals surface area contributed by atoms with Gasteiger partial charge < -0.3 is 15.5 Å². The molecule has 0 saturated carbocycles. The molecule has 1 fully saturated rings. The van der Waals surface area contributed by atoms with Crippen LogP contribution in [0.15, 0.2) is 30.5 Å². The summed E-state index contributed by atoms with van der Waals surface area (Å²) in [6, 6.07) is 4.83. The summed E-state index contributed by atoms with van der Waals surface area (Å²) in [6.45, 7) is 4.77. The van der Waals surface area contributed by atoms with Gasteiger partial charge in [-0.15, -0.1) is 0 Å². The molecule has 0 bridgehead atoms. The molecule has 1 aromatic carbocycles. The maximum absolute atomic E-state index is 12.8. The number of alkyl halides is 3. The minimum atomic E-state index is -4.39. The van der Waals surface area contributed by atoms with Crippen LogP contribution in [-0.4, -0.2) is 52.2 Å². The third-order valence-electron chi connectivity index (χ3n) is 5.39. The maximum Gasteiger partial charge on any atom is 0.416 e. The number of nitrogens with zero attached hydrogens (tertiary/aromatic N) is 3. The average molecular weight is 437 g/mol. The smallest absolute Gasteiger partial charge is 0.373 e. The first-order valence-corrected chi connectivity index (χ1v) is 10.2.